The summed E-state index contributed by atoms with van der Waals surface area (Å²) in [5.74, 6) is 0. The fourth-order valence-electron chi connectivity index (χ4n) is 5.02. The summed E-state index contributed by atoms with van der Waals surface area (Å²) in [6.45, 7) is 10.6. The molecule has 0 spiro atoms. The van der Waals surface area contributed by atoms with Gasteiger partial charge < -0.3 is 0 Å². The SMILES string of the molecule is CCCCCCCC[P+](CCCCCCCC)(CCCCCCCC)NCCCCCC. The summed E-state index contributed by atoms with van der Waals surface area (Å²) >= 11 is 0. The monoisotopic (exact) mass is 470 g/mol. The maximum atomic E-state index is 4.31. The van der Waals surface area contributed by atoms with Gasteiger partial charge in [-0.15, -0.1) is 0 Å². The van der Waals surface area contributed by atoms with E-state index in [0.29, 0.717) is 0 Å². The van der Waals surface area contributed by atoms with E-state index in [1.807, 2.05) is 0 Å². The lowest BCUT2D eigenvalue weighted by Crippen LogP contribution is -2.25. The van der Waals surface area contributed by atoms with Gasteiger partial charge in [-0.05, 0) is 44.9 Å². The van der Waals surface area contributed by atoms with Gasteiger partial charge in [0.2, 0.25) is 0 Å². The van der Waals surface area contributed by atoms with Gasteiger partial charge in [-0.1, -0.05) is 124 Å². The highest BCUT2D eigenvalue weighted by Gasteiger charge is 2.35. The minimum atomic E-state index is -0.962. The molecule has 0 rings (SSSR count). The van der Waals surface area contributed by atoms with Crippen LogP contribution in [0.3, 0.4) is 0 Å². The third-order valence-corrected chi connectivity index (χ3v) is 11.7. The van der Waals surface area contributed by atoms with Crippen molar-refractivity contribution >= 4 is 7.41 Å². The first-order valence-corrected chi connectivity index (χ1v) is 17.7. The average molecular weight is 471 g/mol. The lowest BCUT2D eigenvalue weighted by molar-refractivity contribution is 0.610. The highest BCUT2D eigenvalue weighted by molar-refractivity contribution is 7.74. The van der Waals surface area contributed by atoms with Crippen molar-refractivity contribution in [2.75, 3.05) is 25.0 Å². The van der Waals surface area contributed by atoms with Gasteiger partial charge in [-0.25, -0.2) is 0 Å². The molecule has 0 atom stereocenters. The van der Waals surface area contributed by atoms with Crippen LogP contribution in [0.5, 0.6) is 0 Å². The molecule has 0 saturated carbocycles. The van der Waals surface area contributed by atoms with E-state index in [0.717, 1.165) is 0 Å². The van der Waals surface area contributed by atoms with Gasteiger partial charge in [0.15, 0.2) is 0 Å². The second-order valence-corrected chi connectivity index (χ2v) is 14.5. The van der Waals surface area contributed by atoms with Crippen LogP contribution in [0, 0.1) is 0 Å². The molecule has 0 aromatic heterocycles. The fourth-order valence-corrected chi connectivity index (χ4v) is 9.29. The normalized spacial score (nSPS) is 12.0. The molecule has 1 nitrogen and oxygen atoms in total. The largest absolute Gasteiger partial charge is 0.192 e. The zero-order valence-corrected chi connectivity index (χ0v) is 24.2. The second kappa shape index (κ2) is 26.0. The smallest absolute Gasteiger partial charge is 0.0799 e. The van der Waals surface area contributed by atoms with E-state index in [4.69, 9.17) is 0 Å². The van der Waals surface area contributed by atoms with Crippen LogP contribution in [0.25, 0.3) is 0 Å². The topological polar surface area (TPSA) is 12.0 Å². The highest BCUT2D eigenvalue weighted by Crippen LogP contribution is 2.57. The predicted octanol–water partition coefficient (Wildman–Crippen LogP) is 11.2. The van der Waals surface area contributed by atoms with Crippen LogP contribution in [0.2, 0.25) is 0 Å². The molecule has 0 aliphatic heterocycles. The molecule has 32 heavy (non-hydrogen) atoms. The Morgan fingerprint density at radius 1 is 0.344 bits per heavy atom. The third kappa shape index (κ3) is 21.0. The molecule has 194 valence electrons. The first-order valence-electron chi connectivity index (χ1n) is 15.4. The molecule has 0 amide bonds. The molecule has 0 heterocycles. The molecule has 0 fully saturated rings. The average Bonchev–Trinajstić information content (AvgIpc) is 2.80. The van der Waals surface area contributed by atoms with Crippen molar-refractivity contribution in [1.82, 2.24) is 5.09 Å². The van der Waals surface area contributed by atoms with Crippen molar-refractivity contribution in [2.24, 2.45) is 0 Å². The quantitative estimate of drug-likeness (QED) is 0.0929. The zero-order valence-electron chi connectivity index (χ0n) is 23.3. The number of hydrogen-bond donors (Lipinski definition) is 1. The summed E-state index contributed by atoms with van der Waals surface area (Å²) < 4.78 is 0. The van der Waals surface area contributed by atoms with Crippen LogP contribution >= 0.6 is 7.41 Å². The molecule has 0 aromatic rings. The number of rotatable bonds is 27. The molecular formula is C30H65NP+. The number of hydrogen-bond acceptors (Lipinski definition) is 1. The second-order valence-electron chi connectivity index (χ2n) is 10.6. The molecule has 0 aliphatic rings. The molecule has 0 saturated heterocycles. The van der Waals surface area contributed by atoms with Crippen molar-refractivity contribution in [3.05, 3.63) is 0 Å². The Morgan fingerprint density at radius 2 is 0.625 bits per heavy atom. The van der Waals surface area contributed by atoms with Gasteiger partial charge in [0.1, 0.15) is 0 Å². The number of unbranched alkanes of at least 4 members (excludes halogenated alkanes) is 18. The molecule has 0 aliphatic carbocycles. The molecule has 0 radical (unpaired) electrons. The Hall–Kier alpha value is 0.390. The summed E-state index contributed by atoms with van der Waals surface area (Å²) in [5, 5.41) is 4.31. The van der Waals surface area contributed by atoms with E-state index in [2.05, 4.69) is 32.8 Å². The zero-order chi connectivity index (χ0) is 23.6. The van der Waals surface area contributed by atoms with Gasteiger partial charge in [0.25, 0.3) is 0 Å². The van der Waals surface area contributed by atoms with Crippen molar-refractivity contribution in [3.63, 3.8) is 0 Å². The van der Waals surface area contributed by atoms with E-state index in [1.54, 1.807) is 0 Å². The molecule has 0 aromatic carbocycles. The van der Waals surface area contributed by atoms with E-state index in [-0.39, 0.29) is 0 Å². The molecule has 0 unspecified atom stereocenters. The minimum Gasteiger partial charge on any atom is -0.192 e. The maximum absolute atomic E-state index is 4.31. The fraction of sp³-hybridized carbons (Fsp3) is 1.00. The van der Waals surface area contributed by atoms with Crippen LogP contribution in [0.15, 0.2) is 0 Å². The van der Waals surface area contributed by atoms with E-state index < -0.39 is 7.41 Å². The summed E-state index contributed by atoms with van der Waals surface area (Å²) in [6.07, 6.45) is 36.3. The van der Waals surface area contributed by atoms with Crippen molar-refractivity contribution < 1.29 is 0 Å². The molecule has 0 bridgehead atoms. The van der Waals surface area contributed by atoms with Gasteiger partial charge in [-0.3, -0.25) is 0 Å². The lowest BCUT2D eigenvalue weighted by Gasteiger charge is -2.29. The van der Waals surface area contributed by atoms with Crippen molar-refractivity contribution in [1.29, 1.82) is 0 Å². The Kier molecular flexibility index (Phi) is 26.3. The van der Waals surface area contributed by atoms with Crippen molar-refractivity contribution in [3.8, 4) is 0 Å². The third-order valence-electron chi connectivity index (χ3n) is 7.30. The standard InChI is InChI=1S/C30H65NP/c1-5-9-13-17-20-24-28-32(31-27-23-16-12-8-4,29-25-21-18-14-10-6-2)30-26-22-19-15-11-7-3/h31H,5-30H2,1-4H3/q+1. The lowest BCUT2D eigenvalue weighted by atomic mass is 10.1. The van der Waals surface area contributed by atoms with E-state index in [1.165, 1.54) is 166 Å². The predicted molar refractivity (Wildman–Crippen MR) is 154 cm³/mol. The summed E-state index contributed by atoms with van der Waals surface area (Å²) in [7, 11) is -0.962. The van der Waals surface area contributed by atoms with Gasteiger partial charge in [0, 0.05) is 6.54 Å². The van der Waals surface area contributed by atoms with Crippen molar-refractivity contribution in [2.45, 2.75) is 169 Å². The van der Waals surface area contributed by atoms with Gasteiger partial charge >= 0.3 is 0 Å². The molecule has 2 heteroatoms. The van der Waals surface area contributed by atoms with E-state index in [9.17, 15) is 0 Å². The Morgan fingerprint density at radius 3 is 0.969 bits per heavy atom. The first-order chi connectivity index (χ1) is 15.7. The number of nitrogens with one attached hydrogen (secondary N) is 1. The highest BCUT2D eigenvalue weighted by atomic mass is 31.2. The Labute approximate surface area is 206 Å². The molecular weight excluding hydrogens is 405 g/mol. The van der Waals surface area contributed by atoms with Crippen LogP contribution in [0.1, 0.15) is 169 Å². The Bertz CT molecular complexity index is 303. The maximum Gasteiger partial charge on any atom is 0.0799 e. The van der Waals surface area contributed by atoms with Crippen LogP contribution in [0.4, 0.5) is 0 Å². The first kappa shape index (κ1) is 32.4. The van der Waals surface area contributed by atoms with Crippen LogP contribution < -0.4 is 5.09 Å². The summed E-state index contributed by atoms with van der Waals surface area (Å²) in [5.41, 5.74) is 0. The molecule has 1 N–H and O–H groups in total. The Balaban J connectivity index is 4.72. The van der Waals surface area contributed by atoms with Crippen LogP contribution in [-0.2, 0) is 0 Å². The van der Waals surface area contributed by atoms with Gasteiger partial charge in [-0.2, -0.15) is 5.09 Å². The minimum absolute atomic E-state index is 0.962. The summed E-state index contributed by atoms with van der Waals surface area (Å²) in [4.78, 5) is 0. The van der Waals surface area contributed by atoms with E-state index >= 15 is 0 Å². The van der Waals surface area contributed by atoms with Gasteiger partial charge in [0.05, 0.1) is 25.9 Å². The summed E-state index contributed by atoms with van der Waals surface area (Å²) in [6, 6.07) is 0. The van der Waals surface area contributed by atoms with Crippen LogP contribution in [-0.4, -0.2) is 25.0 Å².